The number of amides is 1. The van der Waals surface area contributed by atoms with Gasteiger partial charge in [0.1, 0.15) is 0 Å². The summed E-state index contributed by atoms with van der Waals surface area (Å²) in [6.45, 7) is 5.52. The van der Waals surface area contributed by atoms with Crippen LogP contribution in [0.3, 0.4) is 0 Å². The Morgan fingerprint density at radius 3 is 3.00 bits per heavy atom. The number of hydrogen-bond donors (Lipinski definition) is 1. The van der Waals surface area contributed by atoms with Crippen LogP contribution in [0.5, 0.6) is 0 Å². The Morgan fingerprint density at radius 1 is 1.39 bits per heavy atom. The first-order valence-corrected chi connectivity index (χ1v) is 7.43. The van der Waals surface area contributed by atoms with Crippen molar-refractivity contribution in [3.8, 4) is 0 Å². The van der Waals surface area contributed by atoms with Crippen LogP contribution in [0.15, 0.2) is 0 Å². The first kappa shape index (κ1) is 13.8. The van der Waals surface area contributed by atoms with E-state index in [-0.39, 0.29) is 0 Å². The predicted molar refractivity (Wildman–Crippen MR) is 71.5 cm³/mol. The third-order valence-electron chi connectivity index (χ3n) is 4.07. The van der Waals surface area contributed by atoms with E-state index >= 15 is 0 Å². The highest BCUT2D eigenvalue weighted by atomic mass is 16.5. The fraction of sp³-hybridized carbons (Fsp3) is 0.929. The van der Waals surface area contributed by atoms with Gasteiger partial charge in [-0.1, -0.05) is 0 Å². The van der Waals surface area contributed by atoms with Crippen molar-refractivity contribution in [3.05, 3.63) is 0 Å². The van der Waals surface area contributed by atoms with Gasteiger partial charge in [-0.3, -0.25) is 4.79 Å². The summed E-state index contributed by atoms with van der Waals surface area (Å²) < 4.78 is 5.29. The van der Waals surface area contributed by atoms with Crippen molar-refractivity contribution < 1.29 is 9.53 Å². The van der Waals surface area contributed by atoms with Crippen LogP contribution in [0.25, 0.3) is 0 Å². The van der Waals surface area contributed by atoms with Crippen molar-refractivity contribution in [2.75, 3.05) is 26.3 Å². The summed E-state index contributed by atoms with van der Waals surface area (Å²) in [4.78, 5) is 14.3. The van der Waals surface area contributed by atoms with Gasteiger partial charge in [-0.15, -0.1) is 0 Å². The summed E-state index contributed by atoms with van der Waals surface area (Å²) >= 11 is 0. The van der Waals surface area contributed by atoms with E-state index in [4.69, 9.17) is 4.74 Å². The summed E-state index contributed by atoms with van der Waals surface area (Å²) in [6, 6.07) is 0.996. The van der Waals surface area contributed by atoms with E-state index in [0.717, 1.165) is 26.1 Å². The summed E-state index contributed by atoms with van der Waals surface area (Å²) in [6.07, 6.45) is 6.33. The summed E-state index contributed by atoms with van der Waals surface area (Å²) in [5.41, 5.74) is 0. The van der Waals surface area contributed by atoms with Gasteiger partial charge in [0.25, 0.3) is 0 Å². The molecule has 2 fully saturated rings. The van der Waals surface area contributed by atoms with Gasteiger partial charge in [0.15, 0.2) is 0 Å². The lowest BCUT2D eigenvalue weighted by molar-refractivity contribution is -0.132. The molecule has 4 heteroatoms. The zero-order valence-electron chi connectivity index (χ0n) is 11.5. The number of carbonyl (C=O) groups is 1. The average Bonchev–Trinajstić information content (AvgIpc) is 3.02. The Bertz CT molecular complexity index is 265. The highest BCUT2D eigenvalue weighted by Crippen LogP contribution is 2.25. The molecule has 2 heterocycles. The van der Waals surface area contributed by atoms with Gasteiger partial charge in [0, 0.05) is 38.3 Å². The fourth-order valence-electron chi connectivity index (χ4n) is 3.17. The lowest BCUT2D eigenvalue weighted by Crippen LogP contribution is -2.46. The van der Waals surface area contributed by atoms with Gasteiger partial charge in [0.05, 0.1) is 0 Å². The molecule has 2 aliphatic rings. The molecule has 104 valence electrons. The van der Waals surface area contributed by atoms with Crippen LogP contribution in [0.2, 0.25) is 0 Å². The minimum absolute atomic E-state index is 0.325. The molecular weight excluding hydrogens is 228 g/mol. The monoisotopic (exact) mass is 254 g/mol. The Labute approximate surface area is 110 Å². The largest absolute Gasteiger partial charge is 0.382 e. The van der Waals surface area contributed by atoms with E-state index in [0.29, 0.717) is 31.0 Å². The average molecular weight is 254 g/mol. The Balaban J connectivity index is 1.77. The quantitative estimate of drug-likeness (QED) is 0.731. The highest BCUT2D eigenvalue weighted by Gasteiger charge is 2.35. The third kappa shape index (κ3) is 3.45. The predicted octanol–water partition coefficient (Wildman–Crippen LogP) is 1.55. The van der Waals surface area contributed by atoms with Gasteiger partial charge in [-0.05, 0) is 45.6 Å². The van der Waals surface area contributed by atoms with Crippen LogP contribution in [-0.2, 0) is 9.53 Å². The van der Waals surface area contributed by atoms with Crippen LogP contribution in [0, 0.1) is 0 Å². The summed E-state index contributed by atoms with van der Waals surface area (Å²) in [5, 5.41) is 3.54. The number of nitrogens with one attached hydrogen (secondary N) is 1. The minimum Gasteiger partial charge on any atom is -0.382 e. The van der Waals surface area contributed by atoms with E-state index < -0.39 is 0 Å². The zero-order valence-corrected chi connectivity index (χ0v) is 11.5. The zero-order chi connectivity index (χ0) is 12.8. The maximum Gasteiger partial charge on any atom is 0.222 e. The van der Waals surface area contributed by atoms with E-state index in [1.807, 2.05) is 6.92 Å². The van der Waals surface area contributed by atoms with Crippen LogP contribution in [0.4, 0.5) is 0 Å². The second kappa shape index (κ2) is 7.10. The SMILES string of the molecule is CCOCCCC(=O)N1CCCC1C1CCCN1. The van der Waals surface area contributed by atoms with Crippen LogP contribution >= 0.6 is 0 Å². The maximum absolute atomic E-state index is 12.2. The number of likely N-dealkylation sites (tertiary alicyclic amines) is 1. The number of nitrogens with zero attached hydrogens (tertiary/aromatic N) is 1. The molecule has 2 saturated heterocycles. The molecule has 1 N–H and O–H groups in total. The van der Waals surface area contributed by atoms with Gasteiger partial charge in [-0.25, -0.2) is 0 Å². The van der Waals surface area contributed by atoms with Crippen molar-refractivity contribution >= 4 is 5.91 Å². The minimum atomic E-state index is 0.325. The van der Waals surface area contributed by atoms with E-state index in [9.17, 15) is 4.79 Å². The topological polar surface area (TPSA) is 41.6 Å². The van der Waals surface area contributed by atoms with E-state index in [2.05, 4.69) is 10.2 Å². The van der Waals surface area contributed by atoms with Gasteiger partial charge in [-0.2, -0.15) is 0 Å². The Hall–Kier alpha value is -0.610. The molecule has 2 rings (SSSR count). The molecular formula is C14H26N2O2. The molecule has 0 spiro atoms. The molecule has 2 aliphatic heterocycles. The molecule has 1 amide bonds. The molecule has 0 aromatic carbocycles. The first-order valence-electron chi connectivity index (χ1n) is 7.43. The molecule has 2 unspecified atom stereocenters. The van der Waals surface area contributed by atoms with E-state index in [1.165, 1.54) is 25.7 Å². The number of hydrogen-bond acceptors (Lipinski definition) is 3. The second-order valence-electron chi connectivity index (χ2n) is 5.30. The highest BCUT2D eigenvalue weighted by molar-refractivity contribution is 5.76. The molecule has 2 atom stereocenters. The molecule has 18 heavy (non-hydrogen) atoms. The molecule has 4 nitrogen and oxygen atoms in total. The number of ether oxygens (including phenoxy) is 1. The molecule has 0 aromatic rings. The smallest absolute Gasteiger partial charge is 0.222 e. The summed E-state index contributed by atoms with van der Waals surface area (Å²) in [5.74, 6) is 0.325. The first-order chi connectivity index (χ1) is 8.83. The lowest BCUT2D eigenvalue weighted by Gasteiger charge is -2.29. The molecule has 0 bridgehead atoms. The van der Waals surface area contributed by atoms with Crippen molar-refractivity contribution in [2.45, 2.75) is 57.5 Å². The van der Waals surface area contributed by atoms with Crippen molar-refractivity contribution in [1.29, 1.82) is 0 Å². The van der Waals surface area contributed by atoms with Crippen LogP contribution < -0.4 is 5.32 Å². The van der Waals surface area contributed by atoms with Crippen molar-refractivity contribution in [3.63, 3.8) is 0 Å². The third-order valence-corrected chi connectivity index (χ3v) is 4.07. The number of carbonyl (C=O) groups excluding carboxylic acids is 1. The Morgan fingerprint density at radius 2 is 2.28 bits per heavy atom. The molecule has 0 saturated carbocycles. The molecule has 0 aliphatic carbocycles. The number of rotatable bonds is 6. The lowest BCUT2D eigenvalue weighted by atomic mass is 10.0. The second-order valence-corrected chi connectivity index (χ2v) is 5.30. The van der Waals surface area contributed by atoms with Crippen molar-refractivity contribution in [1.82, 2.24) is 10.2 Å². The van der Waals surface area contributed by atoms with Crippen LogP contribution in [0.1, 0.15) is 45.4 Å². The van der Waals surface area contributed by atoms with Gasteiger partial charge < -0.3 is 15.0 Å². The van der Waals surface area contributed by atoms with E-state index in [1.54, 1.807) is 0 Å². The standard InChI is InChI=1S/C14H26N2O2/c1-2-18-11-5-8-14(17)16-10-4-7-13(16)12-6-3-9-15-12/h12-13,15H,2-11H2,1H3. The fourth-order valence-corrected chi connectivity index (χ4v) is 3.17. The van der Waals surface area contributed by atoms with Crippen LogP contribution in [-0.4, -0.2) is 49.2 Å². The van der Waals surface area contributed by atoms with Gasteiger partial charge in [0.2, 0.25) is 5.91 Å². The van der Waals surface area contributed by atoms with Gasteiger partial charge >= 0.3 is 0 Å². The summed E-state index contributed by atoms with van der Waals surface area (Å²) in [7, 11) is 0. The maximum atomic E-state index is 12.2. The van der Waals surface area contributed by atoms with Crippen molar-refractivity contribution in [2.24, 2.45) is 0 Å². The molecule has 0 aromatic heterocycles. The Kier molecular flexibility index (Phi) is 5.45. The molecule has 0 radical (unpaired) electrons. The normalized spacial score (nSPS) is 27.9.